The summed E-state index contributed by atoms with van der Waals surface area (Å²) in [4.78, 5) is 48.2. The minimum atomic E-state index is -0.672. The fourth-order valence-electron chi connectivity index (χ4n) is 4.73. The summed E-state index contributed by atoms with van der Waals surface area (Å²) in [5, 5.41) is 0. The smallest absolute Gasteiger partial charge is 0.331 e. The van der Waals surface area contributed by atoms with Crippen molar-refractivity contribution >= 4 is 23.7 Å². The fraction of sp³-hybridized carbons (Fsp3) is 0.538. The third kappa shape index (κ3) is 5.66. The molecule has 0 aromatic carbocycles. The molecule has 8 heteroatoms. The Morgan fingerprint density at radius 2 is 1.88 bits per heavy atom. The lowest BCUT2D eigenvalue weighted by molar-refractivity contribution is -0.143. The van der Waals surface area contributed by atoms with Gasteiger partial charge in [-0.05, 0) is 37.3 Å². The van der Waals surface area contributed by atoms with Gasteiger partial charge in [-0.15, -0.1) is 0 Å². The average molecular weight is 473 g/mol. The second-order valence-electron chi connectivity index (χ2n) is 9.60. The largest absolute Gasteiger partial charge is 0.486 e. The number of ketones is 1. The number of ether oxygens (including phenoxy) is 4. The van der Waals surface area contributed by atoms with Crippen molar-refractivity contribution in [1.82, 2.24) is 0 Å². The molecule has 184 valence electrons. The molecule has 1 heterocycles. The first-order valence-electron chi connectivity index (χ1n) is 11.4. The molecule has 34 heavy (non-hydrogen) atoms. The van der Waals surface area contributed by atoms with Crippen molar-refractivity contribution in [1.29, 1.82) is 0 Å². The SMILES string of the molecule is C=C1OC2CC3(C)CC(=CC3=O)C(C)CC(OC(=O)/C=C(/C)COC(C)=O)C2=C1COC(C)=O. The van der Waals surface area contributed by atoms with Crippen LogP contribution in [0.25, 0.3) is 0 Å². The van der Waals surface area contributed by atoms with Gasteiger partial charge in [0.05, 0.1) is 0 Å². The molecule has 2 aliphatic carbocycles. The van der Waals surface area contributed by atoms with E-state index < -0.39 is 35.5 Å². The molecule has 2 bridgehead atoms. The minimum Gasteiger partial charge on any atom is -0.486 e. The second kappa shape index (κ2) is 9.99. The molecule has 4 unspecified atom stereocenters. The van der Waals surface area contributed by atoms with Gasteiger partial charge < -0.3 is 18.9 Å². The molecule has 3 aliphatic rings. The van der Waals surface area contributed by atoms with Crippen LogP contribution < -0.4 is 0 Å². The van der Waals surface area contributed by atoms with Gasteiger partial charge in [0.1, 0.15) is 31.2 Å². The normalized spacial score (nSPS) is 28.8. The molecule has 1 aliphatic heterocycles. The first-order valence-corrected chi connectivity index (χ1v) is 11.4. The summed E-state index contributed by atoms with van der Waals surface area (Å²) in [6, 6.07) is 0. The van der Waals surface area contributed by atoms with Gasteiger partial charge in [-0.2, -0.15) is 0 Å². The standard InChI is InChI=1S/C26H32O8/c1-14(12-31-17(4)27)7-24(30)34-21-8-15(2)19-9-23(29)26(6,10-19)11-22-25(21)20(16(3)33-22)13-32-18(5)28/h7,9,15,21-22H,3,8,10-13H2,1-2,4-6H3/b14-7-. The lowest BCUT2D eigenvalue weighted by atomic mass is 9.78. The summed E-state index contributed by atoms with van der Waals surface area (Å²) in [6.07, 6.45) is 3.25. The summed E-state index contributed by atoms with van der Waals surface area (Å²) in [5.41, 5.74) is 2.19. The van der Waals surface area contributed by atoms with Crippen LogP contribution >= 0.6 is 0 Å². The van der Waals surface area contributed by atoms with Crippen LogP contribution in [0.4, 0.5) is 0 Å². The molecular formula is C26H32O8. The maximum Gasteiger partial charge on any atom is 0.331 e. The van der Waals surface area contributed by atoms with E-state index in [1.165, 1.54) is 19.9 Å². The zero-order valence-electron chi connectivity index (χ0n) is 20.4. The monoisotopic (exact) mass is 472 g/mol. The summed E-state index contributed by atoms with van der Waals surface area (Å²) in [5.74, 6) is -1.09. The number of carbonyl (C=O) groups is 4. The zero-order valence-corrected chi connectivity index (χ0v) is 20.4. The number of esters is 3. The summed E-state index contributed by atoms with van der Waals surface area (Å²) >= 11 is 0. The average Bonchev–Trinajstić information content (AvgIpc) is 3.19. The van der Waals surface area contributed by atoms with Gasteiger partial charge in [0, 0.05) is 42.9 Å². The van der Waals surface area contributed by atoms with Crippen molar-refractivity contribution in [2.75, 3.05) is 13.2 Å². The van der Waals surface area contributed by atoms with Gasteiger partial charge in [-0.25, -0.2) is 4.79 Å². The van der Waals surface area contributed by atoms with E-state index in [9.17, 15) is 19.2 Å². The predicted octanol–water partition coefficient (Wildman–Crippen LogP) is 3.52. The van der Waals surface area contributed by atoms with Crippen LogP contribution in [0.15, 0.2) is 46.8 Å². The van der Waals surface area contributed by atoms with Crippen LogP contribution in [0.2, 0.25) is 0 Å². The molecule has 8 nitrogen and oxygen atoms in total. The lowest BCUT2D eigenvalue weighted by Crippen LogP contribution is -2.33. The molecule has 0 saturated heterocycles. The second-order valence-corrected chi connectivity index (χ2v) is 9.60. The van der Waals surface area contributed by atoms with Crippen LogP contribution in [0, 0.1) is 11.3 Å². The van der Waals surface area contributed by atoms with Crippen molar-refractivity contribution in [2.24, 2.45) is 11.3 Å². The highest BCUT2D eigenvalue weighted by Gasteiger charge is 2.48. The van der Waals surface area contributed by atoms with E-state index in [-0.39, 0.29) is 24.9 Å². The van der Waals surface area contributed by atoms with Crippen molar-refractivity contribution in [3.8, 4) is 0 Å². The highest BCUT2D eigenvalue weighted by Crippen LogP contribution is 2.49. The van der Waals surface area contributed by atoms with Crippen LogP contribution in [0.3, 0.4) is 0 Å². The van der Waals surface area contributed by atoms with Gasteiger partial charge >= 0.3 is 17.9 Å². The molecule has 1 fully saturated rings. The van der Waals surface area contributed by atoms with E-state index >= 15 is 0 Å². The van der Waals surface area contributed by atoms with E-state index in [1.54, 1.807) is 13.0 Å². The molecular weight excluding hydrogens is 440 g/mol. The highest BCUT2D eigenvalue weighted by molar-refractivity contribution is 5.98. The molecule has 4 atom stereocenters. The summed E-state index contributed by atoms with van der Waals surface area (Å²) < 4.78 is 22.1. The van der Waals surface area contributed by atoms with Crippen molar-refractivity contribution in [2.45, 2.75) is 66.1 Å². The van der Waals surface area contributed by atoms with Crippen LogP contribution in [-0.2, 0) is 38.1 Å². The van der Waals surface area contributed by atoms with Crippen molar-refractivity contribution < 1.29 is 38.1 Å². The third-order valence-electron chi connectivity index (χ3n) is 6.55. The van der Waals surface area contributed by atoms with Gasteiger partial charge in [-0.3, -0.25) is 14.4 Å². The number of allylic oxidation sites excluding steroid dienone is 2. The van der Waals surface area contributed by atoms with Crippen LogP contribution in [0.1, 0.15) is 53.9 Å². The molecule has 0 spiro atoms. The molecule has 0 radical (unpaired) electrons. The first kappa shape index (κ1) is 25.5. The van der Waals surface area contributed by atoms with Gasteiger partial charge in [0.15, 0.2) is 5.78 Å². The highest BCUT2D eigenvalue weighted by atomic mass is 16.6. The molecule has 0 aromatic heterocycles. The van der Waals surface area contributed by atoms with Gasteiger partial charge in [0.2, 0.25) is 0 Å². The number of carbonyl (C=O) groups excluding carboxylic acids is 4. The molecule has 0 amide bonds. The molecule has 1 saturated carbocycles. The first-order chi connectivity index (χ1) is 15.9. The number of hydrogen-bond acceptors (Lipinski definition) is 8. The van der Waals surface area contributed by atoms with E-state index in [0.29, 0.717) is 41.7 Å². The Morgan fingerprint density at radius 3 is 2.53 bits per heavy atom. The van der Waals surface area contributed by atoms with Crippen molar-refractivity contribution in [3.05, 3.63) is 46.8 Å². The number of hydrogen-bond donors (Lipinski definition) is 0. The zero-order chi connectivity index (χ0) is 25.2. The molecule has 0 aromatic rings. The van der Waals surface area contributed by atoms with E-state index in [4.69, 9.17) is 18.9 Å². The predicted molar refractivity (Wildman–Crippen MR) is 122 cm³/mol. The Balaban J connectivity index is 1.97. The Bertz CT molecular complexity index is 1010. The van der Waals surface area contributed by atoms with Crippen LogP contribution in [-0.4, -0.2) is 49.1 Å². The lowest BCUT2D eigenvalue weighted by Gasteiger charge is -2.28. The fourth-order valence-corrected chi connectivity index (χ4v) is 4.73. The third-order valence-corrected chi connectivity index (χ3v) is 6.55. The number of rotatable bonds is 6. The Morgan fingerprint density at radius 1 is 1.21 bits per heavy atom. The maximum absolute atomic E-state index is 12.8. The Labute approximate surface area is 199 Å². The van der Waals surface area contributed by atoms with E-state index in [1.807, 2.05) is 13.8 Å². The minimum absolute atomic E-state index is 0.0121. The molecule has 0 N–H and O–H groups in total. The van der Waals surface area contributed by atoms with Crippen molar-refractivity contribution in [3.63, 3.8) is 0 Å². The molecule has 3 rings (SSSR count). The van der Waals surface area contributed by atoms with Gasteiger partial charge in [0.25, 0.3) is 0 Å². The maximum atomic E-state index is 12.8. The number of fused-ring (bicyclic) bond motifs is 3. The van der Waals surface area contributed by atoms with Crippen LogP contribution in [0.5, 0.6) is 0 Å². The Kier molecular flexibility index (Phi) is 7.48. The summed E-state index contributed by atoms with van der Waals surface area (Å²) in [7, 11) is 0. The quantitative estimate of drug-likeness (QED) is 0.329. The van der Waals surface area contributed by atoms with E-state index in [2.05, 4.69) is 6.58 Å². The summed E-state index contributed by atoms with van der Waals surface area (Å²) in [6.45, 7) is 12.1. The topological polar surface area (TPSA) is 105 Å². The Hall–Kier alpha value is -3.16. The van der Waals surface area contributed by atoms with E-state index in [0.717, 1.165) is 5.57 Å². The van der Waals surface area contributed by atoms with Gasteiger partial charge in [-0.1, -0.05) is 26.0 Å².